The molecule has 1 aromatic rings. The summed E-state index contributed by atoms with van der Waals surface area (Å²) in [7, 11) is 0. The normalized spacial score (nSPS) is 7.50. The summed E-state index contributed by atoms with van der Waals surface area (Å²) in [5.41, 5.74) is 0.220. The SMILES string of the molecule is CC(=O)[O-].O=C([O-])c1ccccc1.[Mn+2]. The number of hydrogen-bond acceptors (Lipinski definition) is 4. The number of carboxylic acids is 2. The zero-order chi connectivity index (χ0) is 10.3. The van der Waals surface area contributed by atoms with Gasteiger partial charge in [0.1, 0.15) is 0 Å². The van der Waals surface area contributed by atoms with Crippen molar-refractivity contribution in [3.63, 3.8) is 0 Å². The zero-order valence-corrected chi connectivity index (χ0v) is 8.58. The minimum Gasteiger partial charge on any atom is -0.550 e. The molecule has 4 nitrogen and oxygen atoms in total. The number of carbonyl (C=O) groups is 2. The van der Waals surface area contributed by atoms with Crippen LogP contribution in [0.4, 0.5) is 0 Å². The molecule has 0 bridgehead atoms. The molecule has 5 heteroatoms. The van der Waals surface area contributed by atoms with Gasteiger partial charge in [-0.1, -0.05) is 30.3 Å². The van der Waals surface area contributed by atoms with Crippen LogP contribution in [0.1, 0.15) is 17.3 Å². The Morgan fingerprint density at radius 1 is 1.07 bits per heavy atom. The number of carbonyl (C=O) groups excluding carboxylic acids is 2. The number of benzene rings is 1. The molecule has 1 rings (SSSR count). The van der Waals surface area contributed by atoms with Crippen LogP contribution in [0.15, 0.2) is 30.3 Å². The average Bonchev–Trinajstić information content (AvgIpc) is 2.05. The molecule has 0 atom stereocenters. The molecule has 75 valence electrons. The fraction of sp³-hybridized carbons (Fsp3) is 0.111. The minimum absolute atomic E-state index is 0. The van der Waals surface area contributed by atoms with Gasteiger partial charge in [0.05, 0.1) is 5.97 Å². The van der Waals surface area contributed by atoms with Crippen LogP contribution in [-0.2, 0) is 21.9 Å². The van der Waals surface area contributed by atoms with E-state index in [-0.39, 0.29) is 22.6 Å². The molecule has 0 saturated carbocycles. The van der Waals surface area contributed by atoms with Crippen molar-refractivity contribution in [2.45, 2.75) is 6.92 Å². The number of rotatable bonds is 1. The largest absolute Gasteiger partial charge is 2.00 e. The van der Waals surface area contributed by atoms with Gasteiger partial charge >= 0.3 is 17.1 Å². The molecular weight excluding hydrogens is 227 g/mol. The Kier molecular flexibility index (Phi) is 8.98. The van der Waals surface area contributed by atoms with E-state index in [2.05, 4.69) is 0 Å². The van der Waals surface area contributed by atoms with Crippen molar-refractivity contribution in [1.82, 2.24) is 0 Å². The van der Waals surface area contributed by atoms with Crippen molar-refractivity contribution in [3.05, 3.63) is 35.9 Å². The summed E-state index contributed by atoms with van der Waals surface area (Å²) in [6.07, 6.45) is 0. The number of aromatic carboxylic acids is 1. The molecule has 1 radical (unpaired) electrons. The van der Waals surface area contributed by atoms with Crippen LogP contribution in [-0.4, -0.2) is 11.9 Å². The van der Waals surface area contributed by atoms with Crippen molar-refractivity contribution in [3.8, 4) is 0 Å². The molecule has 0 N–H and O–H groups in total. The van der Waals surface area contributed by atoms with Crippen LogP contribution in [0, 0.1) is 0 Å². The molecule has 14 heavy (non-hydrogen) atoms. The van der Waals surface area contributed by atoms with E-state index in [1.807, 2.05) is 0 Å². The summed E-state index contributed by atoms with van der Waals surface area (Å²) in [5, 5.41) is 19.0. The first-order chi connectivity index (χ1) is 6.04. The third kappa shape index (κ3) is 8.77. The Bertz CT molecular complexity index is 280. The molecule has 0 spiro atoms. The van der Waals surface area contributed by atoms with Gasteiger partial charge < -0.3 is 19.8 Å². The van der Waals surface area contributed by atoms with Gasteiger partial charge in [0.15, 0.2) is 0 Å². The predicted octanol–water partition coefficient (Wildman–Crippen LogP) is -1.20. The maximum Gasteiger partial charge on any atom is 2.00 e. The molecular formula is C9H8MnO4. The van der Waals surface area contributed by atoms with Crippen LogP contribution in [0.2, 0.25) is 0 Å². The third-order valence-electron chi connectivity index (χ3n) is 1.01. The van der Waals surface area contributed by atoms with Gasteiger partial charge in [-0.15, -0.1) is 0 Å². The standard InChI is InChI=1S/C7H6O2.C2H4O2.Mn/c8-7(9)6-4-2-1-3-5-6;1-2(3)4;/h1-5H,(H,8,9);1H3,(H,3,4);/q;;+2/p-2. The summed E-state index contributed by atoms with van der Waals surface area (Å²) in [6.45, 7) is 0.972. The maximum atomic E-state index is 10.1. The molecule has 0 aromatic heterocycles. The van der Waals surface area contributed by atoms with E-state index in [0.29, 0.717) is 0 Å². The smallest absolute Gasteiger partial charge is 0.550 e. The second kappa shape index (κ2) is 8.29. The Morgan fingerprint density at radius 2 is 1.43 bits per heavy atom. The van der Waals surface area contributed by atoms with E-state index >= 15 is 0 Å². The first-order valence-electron chi connectivity index (χ1n) is 3.48. The molecule has 0 saturated heterocycles. The monoisotopic (exact) mass is 235 g/mol. The molecule has 0 aliphatic rings. The summed E-state index contributed by atoms with van der Waals surface area (Å²) >= 11 is 0. The number of carboxylic acid groups (broad SMARTS) is 2. The Balaban J connectivity index is 0. The summed E-state index contributed by atoms with van der Waals surface area (Å²) < 4.78 is 0. The Morgan fingerprint density at radius 3 is 1.64 bits per heavy atom. The van der Waals surface area contributed by atoms with Crippen molar-refractivity contribution in [2.75, 3.05) is 0 Å². The van der Waals surface area contributed by atoms with E-state index < -0.39 is 11.9 Å². The van der Waals surface area contributed by atoms with Gasteiger partial charge in [-0.3, -0.25) is 0 Å². The molecule has 0 aliphatic heterocycles. The zero-order valence-electron chi connectivity index (χ0n) is 7.40. The molecule has 0 fully saturated rings. The fourth-order valence-corrected chi connectivity index (χ4v) is 0.574. The number of hydrogen-bond donors (Lipinski definition) is 0. The summed E-state index contributed by atoms with van der Waals surface area (Å²) in [6, 6.07) is 8.06. The van der Waals surface area contributed by atoms with Gasteiger partial charge in [-0.2, -0.15) is 0 Å². The molecule has 0 amide bonds. The maximum absolute atomic E-state index is 10.1. The summed E-state index contributed by atoms with van der Waals surface area (Å²) in [5.74, 6) is -2.21. The topological polar surface area (TPSA) is 80.3 Å². The second-order valence-electron chi connectivity index (χ2n) is 2.15. The molecule has 0 aliphatic carbocycles. The van der Waals surface area contributed by atoms with Crippen molar-refractivity contribution in [2.24, 2.45) is 0 Å². The van der Waals surface area contributed by atoms with Crippen LogP contribution < -0.4 is 10.2 Å². The van der Waals surface area contributed by atoms with Gasteiger partial charge in [0.2, 0.25) is 0 Å². The van der Waals surface area contributed by atoms with E-state index in [0.717, 1.165) is 6.92 Å². The average molecular weight is 235 g/mol. The second-order valence-corrected chi connectivity index (χ2v) is 2.15. The first kappa shape index (κ1) is 15.2. The minimum atomic E-state index is -1.13. The van der Waals surface area contributed by atoms with Crippen LogP contribution in [0.3, 0.4) is 0 Å². The summed E-state index contributed by atoms with van der Waals surface area (Å²) in [4.78, 5) is 19.0. The van der Waals surface area contributed by atoms with Gasteiger partial charge in [0.25, 0.3) is 0 Å². The Labute approximate surface area is 92.0 Å². The first-order valence-corrected chi connectivity index (χ1v) is 3.48. The van der Waals surface area contributed by atoms with Crippen LogP contribution in [0.5, 0.6) is 0 Å². The van der Waals surface area contributed by atoms with E-state index in [9.17, 15) is 9.90 Å². The van der Waals surface area contributed by atoms with Crippen molar-refractivity contribution < 1.29 is 36.9 Å². The van der Waals surface area contributed by atoms with Crippen LogP contribution in [0.25, 0.3) is 0 Å². The quantitative estimate of drug-likeness (QED) is 0.573. The van der Waals surface area contributed by atoms with Gasteiger partial charge in [-0.25, -0.2) is 0 Å². The third-order valence-corrected chi connectivity index (χ3v) is 1.01. The van der Waals surface area contributed by atoms with Gasteiger partial charge in [-0.05, 0) is 12.5 Å². The van der Waals surface area contributed by atoms with E-state index in [4.69, 9.17) is 9.90 Å². The van der Waals surface area contributed by atoms with Crippen LogP contribution >= 0.6 is 0 Å². The Hall–Kier alpha value is -1.32. The predicted molar refractivity (Wildman–Crippen MR) is 41.5 cm³/mol. The van der Waals surface area contributed by atoms with E-state index in [1.165, 1.54) is 12.1 Å². The number of aliphatic carboxylic acids is 1. The van der Waals surface area contributed by atoms with Crippen molar-refractivity contribution in [1.29, 1.82) is 0 Å². The molecule has 0 heterocycles. The fourth-order valence-electron chi connectivity index (χ4n) is 0.574. The van der Waals surface area contributed by atoms with Gasteiger partial charge in [0, 0.05) is 5.97 Å². The van der Waals surface area contributed by atoms with E-state index in [1.54, 1.807) is 18.2 Å². The molecule has 1 aromatic carbocycles. The molecule has 0 unspecified atom stereocenters. The van der Waals surface area contributed by atoms with Crippen molar-refractivity contribution >= 4 is 11.9 Å².